The maximum Gasteiger partial charge on any atom is 0.144 e. The standard InChI is InChI=1S/C13H11N3O/c1-10(17-12-5-3-2-4-6-12)13-7-11(8-14)15-9-16-13/h2-7,9-10H,1H3. The van der Waals surface area contributed by atoms with Crippen LogP contribution in [0.4, 0.5) is 0 Å². The molecule has 4 nitrogen and oxygen atoms in total. The molecule has 0 amide bonds. The van der Waals surface area contributed by atoms with E-state index in [4.69, 9.17) is 10.00 Å². The van der Waals surface area contributed by atoms with Gasteiger partial charge in [0, 0.05) is 0 Å². The Morgan fingerprint density at radius 3 is 2.71 bits per heavy atom. The largest absolute Gasteiger partial charge is 0.484 e. The van der Waals surface area contributed by atoms with Crippen molar-refractivity contribution in [2.45, 2.75) is 13.0 Å². The van der Waals surface area contributed by atoms with Gasteiger partial charge in [0.2, 0.25) is 0 Å². The number of aromatic nitrogens is 2. The molecule has 0 aliphatic rings. The summed E-state index contributed by atoms with van der Waals surface area (Å²) in [5, 5.41) is 8.75. The number of rotatable bonds is 3. The summed E-state index contributed by atoms with van der Waals surface area (Å²) in [6, 6.07) is 13.1. The summed E-state index contributed by atoms with van der Waals surface area (Å²) in [6.45, 7) is 1.89. The Bertz CT molecular complexity index is 534. The van der Waals surface area contributed by atoms with Crippen molar-refractivity contribution in [2.24, 2.45) is 0 Å². The predicted octanol–water partition coefficient (Wildman–Crippen LogP) is 2.49. The van der Waals surface area contributed by atoms with Gasteiger partial charge in [-0.15, -0.1) is 0 Å². The Hall–Kier alpha value is -2.41. The molecule has 2 aromatic rings. The van der Waals surface area contributed by atoms with E-state index in [0.29, 0.717) is 11.4 Å². The lowest BCUT2D eigenvalue weighted by Gasteiger charge is -2.13. The minimum atomic E-state index is -0.215. The molecular weight excluding hydrogens is 214 g/mol. The molecule has 84 valence electrons. The Labute approximate surface area is 99.5 Å². The minimum Gasteiger partial charge on any atom is -0.484 e. The van der Waals surface area contributed by atoms with Gasteiger partial charge in [-0.05, 0) is 25.1 Å². The quantitative estimate of drug-likeness (QED) is 0.805. The second-order valence-corrected chi connectivity index (χ2v) is 3.51. The Morgan fingerprint density at radius 2 is 2.00 bits per heavy atom. The van der Waals surface area contributed by atoms with Gasteiger partial charge in [-0.25, -0.2) is 9.97 Å². The molecule has 1 aromatic carbocycles. The van der Waals surface area contributed by atoms with Crippen molar-refractivity contribution < 1.29 is 4.74 Å². The Balaban J connectivity index is 2.15. The molecule has 0 bridgehead atoms. The SMILES string of the molecule is CC(Oc1ccccc1)c1cc(C#N)ncn1. The highest BCUT2D eigenvalue weighted by Crippen LogP contribution is 2.19. The number of nitriles is 1. The average Bonchev–Trinajstić information content (AvgIpc) is 2.40. The van der Waals surface area contributed by atoms with Gasteiger partial charge in [0.1, 0.15) is 29.9 Å². The van der Waals surface area contributed by atoms with E-state index in [2.05, 4.69) is 9.97 Å². The van der Waals surface area contributed by atoms with E-state index in [-0.39, 0.29) is 6.10 Å². The number of para-hydroxylation sites is 1. The van der Waals surface area contributed by atoms with E-state index in [1.807, 2.05) is 43.3 Å². The third kappa shape index (κ3) is 2.79. The molecule has 17 heavy (non-hydrogen) atoms. The topological polar surface area (TPSA) is 58.8 Å². The monoisotopic (exact) mass is 225 g/mol. The van der Waals surface area contributed by atoms with Gasteiger partial charge in [-0.1, -0.05) is 18.2 Å². The smallest absolute Gasteiger partial charge is 0.144 e. The molecule has 0 N–H and O–H groups in total. The van der Waals surface area contributed by atoms with Crippen molar-refractivity contribution in [3.63, 3.8) is 0 Å². The maximum atomic E-state index is 8.75. The molecule has 0 spiro atoms. The highest BCUT2D eigenvalue weighted by molar-refractivity contribution is 5.24. The fraction of sp³-hybridized carbons (Fsp3) is 0.154. The van der Waals surface area contributed by atoms with Crippen molar-refractivity contribution in [3.8, 4) is 11.8 Å². The van der Waals surface area contributed by atoms with Gasteiger partial charge in [0.25, 0.3) is 0 Å². The fourth-order valence-corrected chi connectivity index (χ4v) is 1.42. The zero-order valence-electron chi connectivity index (χ0n) is 9.37. The van der Waals surface area contributed by atoms with Crippen molar-refractivity contribution in [1.29, 1.82) is 5.26 Å². The van der Waals surface area contributed by atoms with Gasteiger partial charge in [0.15, 0.2) is 0 Å². The molecule has 0 aliphatic carbocycles. The molecule has 0 saturated heterocycles. The van der Waals surface area contributed by atoms with E-state index < -0.39 is 0 Å². The molecule has 1 aromatic heterocycles. The lowest BCUT2D eigenvalue weighted by molar-refractivity contribution is 0.221. The van der Waals surface area contributed by atoms with Gasteiger partial charge in [-0.2, -0.15) is 5.26 Å². The van der Waals surface area contributed by atoms with Gasteiger partial charge in [-0.3, -0.25) is 0 Å². The molecule has 1 atom stereocenters. The van der Waals surface area contributed by atoms with Crippen LogP contribution in [0.1, 0.15) is 24.4 Å². The first-order valence-electron chi connectivity index (χ1n) is 5.23. The first-order valence-corrected chi connectivity index (χ1v) is 5.23. The summed E-state index contributed by atoms with van der Waals surface area (Å²) in [6.07, 6.45) is 1.16. The van der Waals surface area contributed by atoms with Gasteiger partial charge < -0.3 is 4.74 Å². The third-order valence-electron chi connectivity index (χ3n) is 2.28. The molecule has 0 saturated carbocycles. The second-order valence-electron chi connectivity index (χ2n) is 3.51. The predicted molar refractivity (Wildman–Crippen MR) is 62.2 cm³/mol. The molecular formula is C13H11N3O. The number of ether oxygens (including phenoxy) is 1. The zero-order valence-corrected chi connectivity index (χ0v) is 9.37. The van der Waals surface area contributed by atoms with Crippen LogP contribution in [0.15, 0.2) is 42.7 Å². The maximum absolute atomic E-state index is 8.75. The highest BCUT2D eigenvalue weighted by atomic mass is 16.5. The van der Waals surface area contributed by atoms with Gasteiger partial charge >= 0.3 is 0 Å². The normalized spacial score (nSPS) is 11.5. The first kappa shape index (κ1) is 11.1. The number of nitrogens with zero attached hydrogens (tertiary/aromatic N) is 3. The van der Waals surface area contributed by atoms with Crippen LogP contribution in [-0.4, -0.2) is 9.97 Å². The summed E-state index contributed by atoms with van der Waals surface area (Å²) in [5.74, 6) is 0.775. The van der Waals surface area contributed by atoms with E-state index in [1.54, 1.807) is 6.07 Å². The van der Waals surface area contributed by atoms with Crippen LogP contribution in [0.25, 0.3) is 0 Å². The third-order valence-corrected chi connectivity index (χ3v) is 2.28. The van der Waals surface area contributed by atoms with E-state index in [9.17, 15) is 0 Å². The summed E-state index contributed by atoms with van der Waals surface area (Å²) >= 11 is 0. The van der Waals surface area contributed by atoms with Crippen molar-refractivity contribution >= 4 is 0 Å². The Kier molecular flexibility index (Phi) is 3.31. The second kappa shape index (κ2) is 5.08. The first-order chi connectivity index (χ1) is 8.29. The molecule has 0 aliphatic heterocycles. The summed E-state index contributed by atoms with van der Waals surface area (Å²) in [4.78, 5) is 7.92. The zero-order chi connectivity index (χ0) is 12.1. The molecule has 2 rings (SSSR count). The number of benzene rings is 1. The number of hydrogen-bond acceptors (Lipinski definition) is 4. The average molecular weight is 225 g/mol. The van der Waals surface area contributed by atoms with Crippen molar-refractivity contribution in [3.05, 3.63) is 54.1 Å². The molecule has 1 heterocycles. The molecule has 1 unspecified atom stereocenters. The van der Waals surface area contributed by atoms with Crippen LogP contribution in [0.3, 0.4) is 0 Å². The van der Waals surface area contributed by atoms with Crippen LogP contribution in [0.5, 0.6) is 5.75 Å². The lowest BCUT2D eigenvalue weighted by atomic mass is 10.2. The molecule has 4 heteroatoms. The Morgan fingerprint density at radius 1 is 1.24 bits per heavy atom. The summed E-state index contributed by atoms with van der Waals surface area (Å²) < 4.78 is 5.70. The van der Waals surface area contributed by atoms with Gasteiger partial charge in [0.05, 0.1) is 5.69 Å². The van der Waals surface area contributed by atoms with E-state index >= 15 is 0 Å². The van der Waals surface area contributed by atoms with Crippen molar-refractivity contribution in [1.82, 2.24) is 9.97 Å². The molecule has 0 fully saturated rings. The highest BCUT2D eigenvalue weighted by Gasteiger charge is 2.09. The fourth-order valence-electron chi connectivity index (χ4n) is 1.42. The van der Waals surface area contributed by atoms with Crippen LogP contribution in [-0.2, 0) is 0 Å². The number of hydrogen-bond donors (Lipinski definition) is 0. The van der Waals surface area contributed by atoms with Crippen molar-refractivity contribution in [2.75, 3.05) is 0 Å². The minimum absolute atomic E-state index is 0.215. The lowest BCUT2D eigenvalue weighted by Crippen LogP contribution is -2.06. The van der Waals surface area contributed by atoms with E-state index in [0.717, 1.165) is 5.75 Å². The molecule has 0 radical (unpaired) electrons. The summed E-state index contributed by atoms with van der Waals surface area (Å²) in [7, 11) is 0. The van der Waals surface area contributed by atoms with Crippen LogP contribution in [0, 0.1) is 11.3 Å². The van der Waals surface area contributed by atoms with Crippen LogP contribution < -0.4 is 4.74 Å². The van der Waals surface area contributed by atoms with Crippen LogP contribution >= 0.6 is 0 Å². The van der Waals surface area contributed by atoms with E-state index in [1.165, 1.54) is 6.33 Å². The summed E-state index contributed by atoms with van der Waals surface area (Å²) in [5.41, 5.74) is 1.04. The van der Waals surface area contributed by atoms with Crippen LogP contribution in [0.2, 0.25) is 0 Å².